The van der Waals surface area contributed by atoms with E-state index in [1.165, 1.54) is 12.5 Å². The molecule has 5 aliphatic heterocycles. The molecule has 4 saturated heterocycles. The van der Waals surface area contributed by atoms with Gasteiger partial charge in [0.05, 0.1) is 49.8 Å². The third kappa shape index (κ3) is 14.3. The van der Waals surface area contributed by atoms with Crippen LogP contribution in [0.1, 0.15) is 107 Å². The van der Waals surface area contributed by atoms with Crippen LogP contribution in [0.3, 0.4) is 0 Å². The Labute approximate surface area is 374 Å². The van der Waals surface area contributed by atoms with E-state index in [9.17, 15) is 24.9 Å². The molecule has 0 bridgehead atoms. The van der Waals surface area contributed by atoms with Crippen molar-refractivity contribution in [2.75, 3.05) is 27.4 Å². The van der Waals surface area contributed by atoms with E-state index < -0.39 is 36.0 Å². The van der Waals surface area contributed by atoms with E-state index in [1.807, 2.05) is 38.2 Å². The van der Waals surface area contributed by atoms with E-state index in [0.29, 0.717) is 63.6 Å². The number of fused-ring (bicyclic) bond motifs is 1. The van der Waals surface area contributed by atoms with Gasteiger partial charge in [-0.15, -0.1) is 0 Å². The lowest BCUT2D eigenvalue weighted by Crippen LogP contribution is -2.52. The second kappa shape index (κ2) is 24.6. The maximum absolute atomic E-state index is 11.3. The molecule has 6 rings (SSSR count). The second-order valence-corrected chi connectivity index (χ2v) is 18.3. The number of rotatable bonds is 13. The van der Waals surface area contributed by atoms with Crippen molar-refractivity contribution in [3.8, 4) is 0 Å². The molecule has 15 atom stereocenters. The minimum absolute atomic E-state index is 0.0439. The van der Waals surface area contributed by atoms with Crippen LogP contribution in [0.2, 0.25) is 0 Å². The maximum atomic E-state index is 11.3. The average Bonchev–Trinajstić information content (AvgIpc) is 3.59. The molecular formula is C48H77NO14. The first kappa shape index (κ1) is 52.8. The summed E-state index contributed by atoms with van der Waals surface area (Å²) in [5.74, 6) is 0.0820. The van der Waals surface area contributed by atoms with Gasteiger partial charge in [-0.3, -0.25) is 9.59 Å². The lowest BCUT2D eigenvalue weighted by atomic mass is 9.78. The van der Waals surface area contributed by atoms with Crippen LogP contribution < -0.4 is 5.32 Å². The summed E-state index contributed by atoms with van der Waals surface area (Å²) >= 11 is 0. The molecule has 0 aromatic heterocycles. The van der Waals surface area contributed by atoms with Gasteiger partial charge in [-0.1, -0.05) is 69.7 Å². The largest absolute Gasteiger partial charge is 0.453 e. The van der Waals surface area contributed by atoms with Crippen molar-refractivity contribution in [1.82, 2.24) is 5.32 Å². The number of aliphatic hydroxyl groups excluding tert-OH is 4. The van der Waals surface area contributed by atoms with Crippen molar-refractivity contribution in [1.29, 1.82) is 0 Å². The fraction of sp³-hybridized carbons (Fsp3) is 0.750. The Bertz CT molecular complexity index is 1600. The fourth-order valence-electron chi connectivity index (χ4n) is 9.51. The Morgan fingerprint density at radius 3 is 2.46 bits per heavy atom. The van der Waals surface area contributed by atoms with E-state index in [1.54, 1.807) is 7.11 Å². The van der Waals surface area contributed by atoms with Gasteiger partial charge in [-0.2, -0.15) is 0 Å². The van der Waals surface area contributed by atoms with Crippen LogP contribution in [0.4, 0.5) is 0 Å². The molecule has 6 aliphatic rings. The van der Waals surface area contributed by atoms with Gasteiger partial charge in [0.25, 0.3) is 6.47 Å². The normalized spacial score (nSPS) is 39.1. The van der Waals surface area contributed by atoms with Crippen molar-refractivity contribution >= 4 is 12.4 Å². The third-order valence-electron chi connectivity index (χ3n) is 12.7. The number of carbonyl (C=O) groups excluding carboxylic acids is 2. The number of allylic oxidation sites excluding steroid dienone is 4. The van der Waals surface area contributed by atoms with Crippen LogP contribution >= 0.6 is 0 Å². The van der Waals surface area contributed by atoms with Crippen LogP contribution in [0.5, 0.6) is 0 Å². The number of aliphatic hydroxyl groups is 4. The Hall–Kier alpha value is -2.80. The number of carbonyl (C=O) groups is 2. The first-order valence-electron chi connectivity index (χ1n) is 22.7. The van der Waals surface area contributed by atoms with Crippen LogP contribution in [0.25, 0.3) is 0 Å². The summed E-state index contributed by atoms with van der Waals surface area (Å²) in [6, 6.07) is 0.0439. The summed E-state index contributed by atoms with van der Waals surface area (Å²) in [4.78, 5) is 22.3. The SMILES string of the molecule is CC1=CC[C@]2(OC=O)/C(=C/C=C/[C@H](C)C/C(C)=C/CC3CC(O)CC4(C=CC(C)C(C(C)C)O4)O3)CO[C@@H]2C1O.CO.COC1C[C@H](O)OC(C)[C@@H]1OC1CCC(NC(C)=O)CO1. The van der Waals surface area contributed by atoms with E-state index in [2.05, 4.69) is 58.2 Å². The highest BCUT2D eigenvalue weighted by molar-refractivity contribution is 5.73. The number of methoxy groups -OCH3 is 1. The number of nitrogens with one attached hydrogen (secondary N) is 1. The molecular weight excluding hydrogens is 815 g/mol. The van der Waals surface area contributed by atoms with Gasteiger partial charge in [-0.05, 0) is 63.5 Å². The molecule has 5 heterocycles. The van der Waals surface area contributed by atoms with Gasteiger partial charge in [0.2, 0.25) is 5.91 Å². The summed E-state index contributed by atoms with van der Waals surface area (Å²) in [5, 5.41) is 40.7. The monoisotopic (exact) mass is 892 g/mol. The van der Waals surface area contributed by atoms with Crippen LogP contribution in [-0.4, -0.2) is 139 Å². The summed E-state index contributed by atoms with van der Waals surface area (Å²) in [7, 11) is 2.60. The number of hydrogen-bond donors (Lipinski definition) is 5. The molecule has 63 heavy (non-hydrogen) atoms. The molecule has 1 amide bonds. The number of ether oxygens (including phenoxy) is 8. The molecule has 10 unspecified atom stereocenters. The lowest BCUT2D eigenvalue weighted by Gasteiger charge is -2.47. The molecule has 15 nitrogen and oxygen atoms in total. The predicted molar refractivity (Wildman–Crippen MR) is 236 cm³/mol. The van der Waals surface area contributed by atoms with E-state index in [0.717, 1.165) is 37.5 Å². The zero-order chi connectivity index (χ0) is 46.5. The maximum Gasteiger partial charge on any atom is 0.294 e. The topological polar surface area (TPSA) is 201 Å². The van der Waals surface area contributed by atoms with E-state index in [-0.39, 0.29) is 54.7 Å². The highest BCUT2D eigenvalue weighted by Crippen LogP contribution is 2.44. The minimum Gasteiger partial charge on any atom is -0.453 e. The van der Waals surface area contributed by atoms with E-state index in [4.69, 9.17) is 43.0 Å². The smallest absolute Gasteiger partial charge is 0.294 e. The molecule has 358 valence electrons. The first-order chi connectivity index (χ1) is 30.0. The lowest BCUT2D eigenvalue weighted by molar-refractivity contribution is -0.298. The molecule has 1 aliphatic carbocycles. The summed E-state index contributed by atoms with van der Waals surface area (Å²) < 4.78 is 46.7. The summed E-state index contributed by atoms with van der Waals surface area (Å²) in [5.41, 5.74) is 2.01. The second-order valence-electron chi connectivity index (χ2n) is 18.3. The van der Waals surface area contributed by atoms with Crippen LogP contribution in [0.15, 0.2) is 59.3 Å². The Kier molecular flexibility index (Phi) is 20.7. The Morgan fingerprint density at radius 2 is 1.81 bits per heavy atom. The first-order valence-corrected chi connectivity index (χ1v) is 22.7. The number of amides is 1. The fourth-order valence-corrected chi connectivity index (χ4v) is 9.51. The predicted octanol–water partition coefficient (Wildman–Crippen LogP) is 5.10. The van der Waals surface area contributed by atoms with Gasteiger partial charge in [0, 0.05) is 64.7 Å². The van der Waals surface area contributed by atoms with Crippen molar-refractivity contribution in [3.63, 3.8) is 0 Å². The minimum atomic E-state index is -0.948. The molecule has 0 aromatic carbocycles. The van der Waals surface area contributed by atoms with Crippen molar-refractivity contribution in [2.24, 2.45) is 17.8 Å². The zero-order valence-corrected chi connectivity index (χ0v) is 39.1. The number of hydrogen-bond acceptors (Lipinski definition) is 14. The molecule has 5 N–H and O–H groups in total. The van der Waals surface area contributed by atoms with Gasteiger partial charge >= 0.3 is 0 Å². The standard InChI is InChI=1S/C33H48O7.C14H25NO6.CH4O/c1-21(2)30-25(6)12-14-32(40-30)18-27(35)17-28(39-32)11-10-23(4)16-22(3)8-7-9-26-19-37-31-29(36)24(5)13-15-33(26,31)38-20-34;1-8-14(11(18-3)6-12(17)20-8)21-13-5-4-10(7-19-13)15-9(2)16;1-2/h7-10,12-14,20-22,25,27-31,35-36H,11,15-19H2,1-6H3;8,10-14,17H,4-7H2,1-3H3,(H,15,16);2H,1H3/b8-7+,23-10+,26-9+;;/t22-,25?,27?,28?,29?,30?,31+,32?,33-;8?,10?,11?,12-,13?,14+;/m01./s1. The average molecular weight is 892 g/mol. The summed E-state index contributed by atoms with van der Waals surface area (Å²) in [6.45, 7) is 17.2. The Morgan fingerprint density at radius 1 is 1.06 bits per heavy atom. The van der Waals surface area contributed by atoms with Gasteiger partial charge in [-0.25, -0.2) is 0 Å². The van der Waals surface area contributed by atoms with Crippen LogP contribution in [-0.2, 0) is 47.5 Å². The van der Waals surface area contributed by atoms with E-state index >= 15 is 0 Å². The van der Waals surface area contributed by atoms with Gasteiger partial charge < -0.3 is 63.6 Å². The highest BCUT2D eigenvalue weighted by atomic mass is 16.7. The van der Waals surface area contributed by atoms with Gasteiger partial charge in [0.1, 0.15) is 18.3 Å². The highest BCUT2D eigenvalue weighted by Gasteiger charge is 2.55. The van der Waals surface area contributed by atoms with Crippen molar-refractivity contribution in [3.05, 3.63) is 59.3 Å². The molecule has 0 saturated carbocycles. The third-order valence-corrected chi connectivity index (χ3v) is 12.7. The quantitative estimate of drug-likeness (QED) is 0.121. The molecule has 15 heteroatoms. The molecule has 0 aromatic rings. The zero-order valence-electron chi connectivity index (χ0n) is 39.1. The van der Waals surface area contributed by atoms with Crippen LogP contribution in [0, 0.1) is 17.8 Å². The molecule has 0 radical (unpaired) electrons. The Balaban J connectivity index is 0.000000318. The van der Waals surface area contributed by atoms with Crippen molar-refractivity contribution < 1.29 is 67.9 Å². The summed E-state index contributed by atoms with van der Waals surface area (Å²) in [6.07, 6.45) is 15.7. The molecule has 4 fully saturated rings. The molecule has 1 spiro atoms. The van der Waals surface area contributed by atoms with Crippen molar-refractivity contribution in [2.45, 2.75) is 186 Å². The van der Waals surface area contributed by atoms with Gasteiger partial charge in [0.15, 0.2) is 24.0 Å².